The molecule has 3 aromatic rings. The lowest BCUT2D eigenvalue weighted by atomic mass is 9.95. The molecule has 4 rings (SSSR count). The van der Waals surface area contributed by atoms with Crippen LogP contribution in [0.5, 0.6) is 0 Å². The van der Waals surface area contributed by atoms with Gasteiger partial charge in [0.15, 0.2) is 0 Å². The van der Waals surface area contributed by atoms with E-state index >= 15 is 0 Å². The van der Waals surface area contributed by atoms with E-state index in [9.17, 15) is 0 Å². The number of hydrogen-bond acceptors (Lipinski definition) is 2. The van der Waals surface area contributed by atoms with E-state index in [1.807, 2.05) is 35.4 Å². The van der Waals surface area contributed by atoms with Gasteiger partial charge in [-0.05, 0) is 49.8 Å². The highest BCUT2D eigenvalue weighted by Gasteiger charge is 2.09. The normalized spacial score (nSPS) is 15.3. The number of fused-ring (bicyclic) bond motifs is 1. The molecular formula is C17H18N4. The Kier molecular flexibility index (Phi) is 3.07. The van der Waals surface area contributed by atoms with Crippen LogP contribution in [0.4, 0.5) is 0 Å². The van der Waals surface area contributed by atoms with Gasteiger partial charge in [-0.1, -0.05) is 11.6 Å². The first-order valence-electron chi connectivity index (χ1n) is 7.54. The van der Waals surface area contributed by atoms with Gasteiger partial charge in [0, 0.05) is 24.0 Å². The predicted octanol–water partition coefficient (Wildman–Crippen LogP) is 3.79. The Balaban J connectivity index is 1.65. The van der Waals surface area contributed by atoms with E-state index in [1.54, 1.807) is 5.57 Å². The molecule has 0 radical (unpaired) electrons. The van der Waals surface area contributed by atoms with Gasteiger partial charge in [-0.15, -0.1) is 0 Å². The summed E-state index contributed by atoms with van der Waals surface area (Å²) in [6.45, 7) is 0. The summed E-state index contributed by atoms with van der Waals surface area (Å²) in [5, 5.41) is 5.63. The van der Waals surface area contributed by atoms with Crippen molar-refractivity contribution in [3.05, 3.63) is 54.1 Å². The summed E-state index contributed by atoms with van der Waals surface area (Å²) in [7, 11) is 0. The zero-order valence-electron chi connectivity index (χ0n) is 11.9. The summed E-state index contributed by atoms with van der Waals surface area (Å²) in [5.41, 5.74) is 4.82. The minimum atomic E-state index is 0.902. The lowest BCUT2D eigenvalue weighted by Gasteiger charge is -2.11. The molecule has 0 fully saturated rings. The van der Waals surface area contributed by atoms with Crippen molar-refractivity contribution < 1.29 is 0 Å². The molecule has 1 aliphatic carbocycles. The van der Waals surface area contributed by atoms with Crippen LogP contribution in [-0.2, 0) is 6.42 Å². The number of H-pyrrole nitrogens is 1. The number of hydrogen-bond donors (Lipinski definition) is 1. The molecule has 0 saturated heterocycles. The molecule has 0 aliphatic heterocycles. The third-order valence-corrected chi connectivity index (χ3v) is 4.14. The first-order chi connectivity index (χ1) is 10.4. The standard InChI is InChI=1S/C17H18N4/c1-2-4-13(5-3-1)10-14-11-20-21(12-14)16-7-9-19-17-15(16)6-8-18-17/h4,6-9,11-12H,1-3,5,10H2,(H,18,19). The van der Waals surface area contributed by atoms with E-state index in [2.05, 4.69) is 27.3 Å². The maximum absolute atomic E-state index is 4.53. The first kappa shape index (κ1) is 12.4. The van der Waals surface area contributed by atoms with E-state index in [0.717, 1.165) is 23.1 Å². The molecule has 0 spiro atoms. The highest BCUT2D eigenvalue weighted by molar-refractivity contribution is 5.84. The fourth-order valence-electron chi connectivity index (χ4n) is 3.06. The third kappa shape index (κ3) is 2.37. The molecule has 21 heavy (non-hydrogen) atoms. The van der Waals surface area contributed by atoms with Gasteiger partial charge in [-0.2, -0.15) is 5.10 Å². The second-order valence-electron chi connectivity index (χ2n) is 5.65. The molecule has 0 unspecified atom stereocenters. The van der Waals surface area contributed by atoms with Gasteiger partial charge in [0.25, 0.3) is 0 Å². The van der Waals surface area contributed by atoms with Gasteiger partial charge in [0.2, 0.25) is 0 Å². The molecule has 3 heterocycles. The fourth-order valence-corrected chi connectivity index (χ4v) is 3.06. The average Bonchev–Trinajstić information content (AvgIpc) is 3.16. The average molecular weight is 278 g/mol. The van der Waals surface area contributed by atoms with Gasteiger partial charge in [0.05, 0.1) is 11.9 Å². The van der Waals surface area contributed by atoms with E-state index < -0.39 is 0 Å². The molecule has 0 saturated carbocycles. The van der Waals surface area contributed by atoms with E-state index in [4.69, 9.17) is 0 Å². The molecule has 0 atom stereocenters. The minimum absolute atomic E-state index is 0.902. The third-order valence-electron chi connectivity index (χ3n) is 4.14. The molecule has 4 nitrogen and oxygen atoms in total. The topological polar surface area (TPSA) is 46.5 Å². The van der Waals surface area contributed by atoms with Crippen LogP contribution in [0.25, 0.3) is 16.7 Å². The molecule has 3 aromatic heterocycles. The number of nitrogens with zero attached hydrogens (tertiary/aromatic N) is 3. The Bertz CT molecular complexity index is 794. The highest BCUT2D eigenvalue weighted by atomic mass is 15.3. The van der Waals surface area contributed by atoms with Crippen molar-refractivity contribution in [3.8, 4) is 5.69 Å². The first-order valence-corrected chi connectivity index (χ1v) is 7.54. The Morgan fingerprint density at radius 3 is 3.14 bits per heavy atom. The van der Waals surface area contributed by atoms with Crippen molar-refractivity contribution in [2.75, 3.05) is 0 Å². The van der Waals surface area contributed by atoms with Crippen LogP contribution in [0.15, 0.2) is 48.6 Å². The maximum atomic E-state index is 4.53. The molecule has 4 heteroatoms. The van der Waals surface area contributed by atoms with Crippen LogP contribution in [-0.4, -0.2) is 19.7 Å². The molecule has 106 valence electrons. The van der Waals surface area contributed by atoms with Gasteiger partial charge in [-0.25, -0.2) is 9.67 Å². The summed E-state index contributed by atoms with van der Waals surface area (Å²) < 4.78 is 1.95. The number of aromatic nitrogens is 4. The van der Waals surface area contributed by atoms with Gasteiger partial charge in [-0.3, -0.25) is 0 Å². The second-order valence-corrected chi connectivity index (χ2v) is 5.65. The Morgan fingerprint density at radius 1 is 1.24 bits per heavy atom. The number of aromatic amines is 1. The number of allylic oxidation sites excluding steroid dienone is 2. The number of pyridine rings is 1. The summed E-state index contributed by atoms with van der Waals surface area (Å²) in [4.78, 5) is 7.46. The number of nitrogens with one attached hydrogen (secondary N) is 1. The molecule has 0 amide bonds. The van der Waals surface area contributed by atoms with Crippen molar-refractivity contribution in [3.63, 3.8) is 0 Å². The van der Waals surface area contributed by atoms with E-state index in [1.165, 1.54) is 31.2 Å². The van der Waals surface area contributed by atoms with Crippen molar-refractivity contribution in [1.82, 2.24) is 19.7 Å². The Labute approximate surface area is 123 Å². The van der Waals surface area contributed by atoms with Crippen molar-refractivity contribution in [2.45, 2.75) is 32.1 Å². The second kappa shape index (κ2) is 5.20. The van der Waals surface area contributed by atoms with Crippen LogP contribution < -0.4 is 0 Å². The summed E-state index contributed by atoms with van der Waals surface area (Å²) in [5.74, 6) is 0. The van der Waals surface area contributed by atoms with Gasteiger partial charge < -0.3 is 4.98 Å². The van der Waals surface area contributed by atoms with Crippen LogP contribution in [0.1, 0.15) is 31.2 Å². The number of rotatable bonds is 3. The molecular weight excluding hydrogens is 260 g/mol. The molecule has 0 bridgehead atoms. The molecule has 1 aliphatic rings. The van der Waals surface area contributed by atoms with E-state index in [0.29, 0.717) is 0 Å². The van der Waals surface area contributed by atoms with Crippen LogP contribution >= 0.6 is 0 Å². The zero-order chi connectivity index (χ0) is 14.1. The van der Waals surface area contributed by atoms with Crippen LogP contribution in [0.2, 0.25) is 0 Å². The van der Waals surface area contributed by atoms with Crippen molar-refractivity contribution in [1.29, 1.82) is 0 Å². The molecule has 0 aromatic carbocycles. The highest BCUT2D eigenvalue weighted by Crippen LogP contribution is 2.23. The quantitative estimate of drug-likeness (QED) is 0.741. The Hall–Kier alpha value is -2.36. The van der Waals surface area contributed by atoms with Crippen molar-refractivity contribution >= 4 is 11.0 Å². The van der Waals surface area contributed by atoms with E-state index in [-0.39, 0.29) is 0 Å². The lowest BCUT2D eigenvalue weighted by molar-refractivity contribution is 0.688. The predicted molar refractivity (Wildman–Crippen MR) is 83.5 cm³/mol. The maximum Gasteiger partial charge on any atom is 0.139 e. The Morgan fingerprint density at radius 2 is 2.24 bits per heavy atom. The summed E-state index contributed by atoms with van der Waals surface area (Å²) in [6, 6.07) is 4.05. The van der Waals surface area contributed by atoms with Crippen LogP contribution in [0.3, 0.4) is 0 Å². The smallest absolute Gasteiger partial charge is 0.139 e. The lowest BCUT2D eigenvalue weighted by Crippen LogP contribution is -1.96. The largest absolute Gasteiger partial charge is 0.346 e. The zero-order valence-corrected chi connectivity index (χ0v) is 11.9. The SMILES string of the molecule is C1=C(Cc2cnn(-c3ccnc4[nH]ccc34)c2)CCCC1. The summed E-state index contributed by atoms with van der Waals surface area (Å²) >= 11 is 0. The summed E-state index contributed by atoms with van der Waals surface area (Å²) in [6.07, 6.45) is 16.4. The van der Waals surface area contributed by atoms with Crippen LogP contribution in [0, 0.1) is 0 Å². The minimum Gasteiger partial charge on any atom is -0.346 e. The van der Waals surface area contributed by atoms with Gasteiger partial charge in [0.1, 0.15) is 5.65 Å². The molecule has 1 N–H and O–H groups in total. The van der Waals surface area contributed by atoms with Crippen molar-refractivity contribution in [2.24, 2.45) is 0 Å². The van der Waals surface area contributed by atoms with Gasteiger partial charge >= 0.3 is 0 Å². The fraction of sp³-hybridized carbons (Fsp3) is 0.294. The monoisotopic (exact) mass is 278 g/mol.